The summed E-state index contributed by atoms with van der Waals surface area (Å²) in [5.41, 5.74) is 6.35. The fraction of sp³-hybridized carbons (Fsp3) is 0.294. The van der Waals surface area contributed by atoms with Crippen molar-refractivity contribution in [2.75, 3.05) is 0 Å². The van der Waals surface area contributed by atoms with Gasteiger partial charge < -0.3 is 9.67 Å². The summed E-state index contributed by atoms with van der Waals surface area (Å²) in [6.45, 7) is 2.50. The van der Waals surface area contributed by atoms with Gasteiger partial charge in [0.2, 0.25) is 0 Å². The van der Waals surface area contributed by atoms with Crippen molar-refractivity contribution in [1.29, 1.82) is 0 Å². The maximum Gasteiger partial charge on any atom is 0.184 e. The number of aliphatic hydroxyl groups is 1. The highest BCUT2D eigenvalue weighted by Crippen LogP contribution is 2.37. The Hall–Kier alpha value is -2.56. The van der Waals surface area contributed by atoms with E-state index in [-0.39, 0.29) is 0 Å². The Balaban J connectivity index is 1.49. The van der Waals surface area contributed by atoms with Gasteiger partial charge in [-0.3, -0.25) is 10.1 Å². The first-order valence-electron chi connectivity index (χ1n) is 8.46. The van der Waals surface area contributed by atoms with E-state index in [1.54, 1.807) is 27.7 Å². The van der Waals surface area contributed by atoms with Crippen LogP contribution in [0.5, 0.6) is 0 Å². The predicted octanol–water partition coefficient (Wildman–Crippen LogP) is 2.55. The van der Waals surface area contributed by atoms with Crippen LogP contribution in [0.1, 0.15) is 38.8 Å². The molecule has 1 unspecified atom stereocenters. The number of thiazole rings is 2. The first-order valence-corrected chi connectivity index (χ1v) is 10.2. The average molecular weight is 400 g/mol. The van der Waals surface area contributed by atoms with E-state index in [1.807, 2.05) is 42.5 Å². The van der Waals surface area contributed by atoms with Crippen molar-refractivity contribution in [2.24, 2.45) is 12.1 Å². The van der Waals surface area contributed by atoms with E-state index in [9.17, 15) is 5.11 Å². The largest absolute Gasteiger partial charge is 0.367 e. The number of hydrazone groups is 1. The molecule has 1 atom stereocenters. The number of aliphatic hydroxyl groups excluding tert-OH is 1. The standard InChI is InChI=1S/C17H17N7OS2/c1-9-12(18-8-26-9)7-24-17(25)14-11(6-20-24)15-16(23(14)2)21-13(27-15)5-10-3-4-19-22-10/h3-4,6,8,17,25H,5,7H2,1-2H3,(H,19,22). The lowest BCUT2D eigenvalue weighted by Crippen LogP contribution is -2.29. The van der Waals surface area contributed by atoms with E-state index in [0.717, 1.165) is 42.9 Å². The molecule has 5 rings (SSSR count). The minimum atomic E-state index is -0.827. The quantitative estimate of drug-likeness (QED) is 0.550. The van der Waals surface area contributed by atoms with E-state index in [4.69, 9.17) is 4.98 Å². The number of aromatic nitrogens is 5. The van der Waals surface area contributed by atoms with Gasteiger partial charge in [-0.1, -0.05) is 0 Å². The number of hydrogen-bond acceptors (Lipinski definition) is 8. The third-order valence-corrected chi connectivity index (χ3v) is 6.64. The van der Waals surface area contributed by atoms with Crippen LogP contribution in [-0.4, -0.2) is 41.1 Å². The summed E-state index contributed by atoms with van der Waals surface area (Å²) < 4.78 is 3.01. The minimum Gasteiger partial charge on any atom is -0.367 e. The lowest BCUT2D eigenvalue weighted by Gasteiger charge is -2.28. The summed E-state index contributed by atoms with van der Waals surface area (Å²) in [6.07, 6.45) is 3.49. The Morgan fingerprint density at radius 2 is 2.26 bits per heavy atom. The van der Waals surface area contributed by atoms with Crippen molar-refractivity contribution < 1.29 is 5.11 Å². The minimum absolute atomic E-state index is 0.475. The zero-order chi connectivity index (χ0) is 18.5. The molecule has 0 bridgehead atoms. The molecule has 4 aromatic heterocycles. The van der Waals surface area contributed by atoms with Crippen LogP contribution >= 0.6 is 22.7 Å². The van der Waals surface area contributed by atoms with Crippen LogP contribution in [0.2, 0.25) is 0 Å². The average Bonchev–Trinajstić information content (AvgIpc) is 3.41. The summed E-state index contributed by atoms with van der Waals surface area (Å²) in [5.74, 6) is 0. The number of aromatic amines is 1. The number of rotatable bonds is 4. The third-order valence-electron chi connectivity index (χ3n) is 4.76. The Kier molecular flexibility index (Phi) is 3.85. The van der Waals surface area contributed by atoms with Gasteiger partial charge in [-0.2, -0.15) is 10.2 Å². The van der Waals surface area contributed by atoms with Crippen LogP contribution < -0.4 is 0 Å². The van der Waals surface area contributed by atoms with Gasteiger partial charge in [-0.05, 0) is 13.0 Å². The van der Waals surface area contributed by atoms with Crippen LogP contribution in [-0.2, 0) is 20.0 Å². The smallest absolute Gasteiger partial charge is 0.184 e. The lowest BCUT2D eigenvalue weighted by molar-refractivity contribution is -0.0107. The molecule has 0 saturated heterocycles. The summed E-state index contributed by atoms with van der Waals surface area (Å²) >= 11 is 3.22. The molecule has 0 fully saturated rings. The summed E-state index contributed by atoms with van der Waals surface area (Å²) in [5, 5.41) is 25.1. The second-order valence-corrected chi connectivity index (χ2v) is 8.57. The second kappa shape index (κ2) is 6.25. The molecule has 5 heterocycles. The van der Waals surface area contributed by atoms with Crippen molar-refractivity contribution in [3.8, 4) is 0 Å². The molecule has 27 heavy (non-hydrogen) atoms. The summed E-state index contributed by atoms with van der Waals surface area (Å²) in [7, 11) is 1.94. The molecular formula is C17H17N7OS2. The van der Waals surface area contributed by atoms with Crippen molar-refractivity contribution in [2.45, 2.75) is 26.1 Å². The molecule has 8 nitrogen and oxygen atoms in total. The van der Waals surface area contributed by atoms with Gasteiger partial charge in [-0.15, -0.1) is 22.7 Å². The number of nitrogens with zero attached hydrogens (tertiary/aromatic N) is 6. The van der Waals surface area contributed by atoms with E-state index >= 15 is 0 Å². The number of H-pyrrole nitrogens is 1. The lowest BCUT2D eigenvalue weighted by atomic mass is 10.2. The van der Waals surface area contributed by atoms with E-state index in [2.05, 4.69) is 20.3 Å². The molecule has 4 aromatic rings. The molecule has 0 aliphatic carbocycles. The van der Waals surface area contributed by atoms with Crippen molar-refractivity contribution in [3.63, 3.8) is 0 Å². The Morgan fingerprint density at radius 3 is 3.00 bits per heavy atom. The number of aryl methyl sites for hydroxylation is 2. The van der Waals surface area contributed by atoms with Crippen molar-refractivity contribution in [3.05, 3.63) is 50.3 Å². The highest BCUT2D eigenvalue weighted by Gasteiger charge is 2.30. The molecule has 10 heteroatoms. The zero-order valence-electron chi connectivity index (χ0n) is 14.7. The van der Waals surface area contributed by atoms with Gasteiger partial charge in [0.25, 0.3) is 0 Å². The molecule has 0 aromatic carbocycles. The monoisotopic (exact) mass is 399 g/mol. The number of fused-ring (bicyclic) bond motifs is 3. The van der Waals surface area contributed by atoms with Crippen LogP contribution in [0.25, 0.3) is 10.3 Å². The molecule has 1 aliphatic heterocycles. The van der Waals surface area contributed by atoms with E-state index in [1.165, 1.54) is 0 Å². The molecule has 1 aliphatic rings. The van der Waals surface area contributed by atoms with Gasteiger partial charge in [0, 0.05) is 30.1 Å². The molecule has 2 N–H and O–H groups in total. The van der Waals surface area contributed by atoms with Crippen LogP contribution in [0.4, 0.5) is 0 Å². The van der Waals surface area contributed by atoms with Crippen molar-refractivity contribution >= 4 is 39.2 Å². The SMILES string of the molecule is Cc1scnc1CN1N=Cc2c(n(C)c3nc(Cc4cc[nH]n4)sc23)C1O. The van der Waals surface area contributed by atoms with Gasteiger partial charge in [-0.25, -0.2) is 9.97 Å². The highest BCUT2D eigenvalue weighted by atomic mass is 32.1. The van der Waals surface area contributed by atoms with Gasteiger partial charge in [0.05, 0.1) is 40.1 Å². The molecular weight excluding hydrogens is 382 g/mol. The van der Waals surface area contributed by atoms with Crippen LogP contribution in [0.3, 0.4) is 0 Å². The zero-order valence-corrected chi connectivity index (χ0v) is 16.4. The molecule has 0 radical (unpaired) electrons. The van der Waals surface area contributed by atoms with E-state index in [0.29, 0.717) is 13.0 Å². The molecule has 0 saturated carbocycles. The van der Waals surface area contributed by atoms with Crippen LogP contribution in [0.15, 0.2) is 22.9 Å². The van der Waals surface area contributed by atoms with Gasteiger partial charge in [0.15, 0.2) is 11.9 Å². The second-order valence-electron chi connectivity index (χ2n) is 6.43. The van der Waals surface area contributed by atoms with Gasteiger partial charge in [0.1, 0.15) is 5.01 Å². The number of hydrogen-bond donors (Lipinski definition) is 2. The highest BCUT2D eigenvalue weighted by molar-refractivity contribution is 7.19. The molecule has 0 spiro atoms. The summed E-state index contributed by atoms with van der Waals surface area (Å²) in [6, 6.07) is 1.95. The normalized spacial score (nSPS) is 16.4. The maximum absolute atomic E-state index is 10.9. The first kappa shape index (κ1) is 16.6. The Bertz CT molecular complexity index is 1140. The van der Waals surface area contributed by atoms with Crippen molar-refractivity contribution in [1.82, 2.24) is 29.7 Å². The fourth-order valence-electron chi connectivity index (χ4n) is 3.32. The molecule has 138 valence electrons. The fourth-order valence-corrected chi connectivity index (χ4v) is 5.04. The van der Waals surface area contributed by atoms with E-state index < -0.39 is 6.23 Å². The Labute approximate surface area is 162 Å². The van der Waals surface area contributed by atoms with Crippen LogP contribution in [0, 0.1) is 6.92 Å². The first-order chi connectivity index (χ1) is 13.1. The maximum atomic E-state index is 10.9. The topological polar surface area (TPSA) is 95.2 Å². The third kappa shape index (κ3) is 2.68. The molecule has 0 amide bonds. The predicted molar refractivity (Wildman–Crippen MR) is 105 cm³/mol. The number of nitrogens with one attached hydrogen (secondary N) is 1. The Morgan fingerprint density at radius 1 is 1.37 bits per heavy atom. The van der Waals surface area contributed by atoms with Gasteiger partial charge >= 0.3 is 0 Å². The summed E-state index contributed by atoms with van der Waals surface area (Å²) in [4.78, 5) is 10.3.